The van der Waals surface area contributed by atoms with Gasteiger partial charge in [-0.15, -0.1) is 0 Å². The summed E-state index contributed by atoms with van der Waals surface area (Å²) in [5.74, 6) is 0.535. The molecule has 0 aliphatic carbocycles. The van der Waals surface area contributed by atoms with Crippen molar-refractivity contribution in [2.24, 2.45) is 10.7 Å². The van der Waals surface area contributed by atoms with Crippen LogP contribution in [0.4, 0.5) is 0 Å². The summed E-state index contributed by atoms with van der Waals surface area (Å²) in [7, 11) is -2.72. The molecule has 126 valence electrons. The van der Waals surface area contributed by atoms with E-state index < -0.39 is 7.29 Å². The van der Waals surface area contributed by atoms with Gasteiger partial charge in [-0.2, -0.15) is 0 Å². The van der Waals surface area contributed by atoms with Crippen molar-refractivity contribution in [2.75, 3.05) is 0 Å². The van der Waals surface area contributed by atoms with Gasteiger partial charge in [0.15, 0.2) is 0 Å². The molecule has 3 rings (SSSR count). The minimum atomic E-state index is -2.72. The predicted octanol–water partition coefficient (Wildman–Crippen LogP) is 6.66. The maximum Gasteiger partial charge on any atom is 0.204 e. The normalized spacial score (nSPS) is 23.1. The third-order valence-corrected chi connectivity index (χ3v) is 8.24. The first kappa shape index (κ1) is 17.2. The molecule has 1 heterocycles. The van der Waals surface area contributed by atoms with Gasteiger partial charge >= 0.3 is 0 Å². The monoisotopic (exact) mass is 339 g/mol. The third kappa shape index (κ3) is 3.54. The second-order valence-corrected chi connectivity index (χ2v) is 9.85. The second-order valence-electron chi connectivity index (χ2n) is 7.03. The summed E-state index contributed by atoms with van der Waals surface area (Å²) < 4.78 is 18.8. The van der Waals surface area contributed by atoms with E-state index in [9.17, 15) is 4.57 Å². The maximum atomic E-state index is 14.1. The van der Waals surface area contributed by atoms with Gasteiger partial charge in [-0.05, 0) is 36.3 Å². The van der Waals surface area contributed by atoms with Crippen molar-refractivity contribution in [1.29, 1.82) is 0 Å². The van der Waals surface area contributed by atoms with Gasteiger partial charge in [0.1, 0.15) is 0 Å². The van der Waals surface area contributed by atoms with Crippen molar-refractivity contribution in [3.63, 3.8) is 0 Å². The first-order valence-electron chi connectivity index (χ1n) is 8.84. The Labute approximate surface area is 145 Å². The molecule has 0 bridgehead atoms. The van der Waals surface area contributed by atoms with E-state index in [-0.39, 0.29) is 11.3 Å². The molecule has 0 aromatic heterocycles. The molecule has 2 nitrogen and oxygen atoms in total. The van der Waals surface area contributed by atoms with Crippen LogP contribution in [0, 0.1) is 5.92 Å². The Balaban J connectivity index is 1.98. The van der Waals surface area contributed by atoms with Gasteiger partial charge < -0.3 is 0 Å². The van der Waals surface area contributed by atoms with Gasteiger partial charge in [0.05, 0.1) is 11.3 Å². The van der Waals surface area contributed by atoms with Gasteiger partial charge in [-0.1, -0.05) is 74.5 Å². The van der Waals surface area contributed by atoms with E-state index in [1.807, 2.05) is 42.6 Å². The molecule has 0 unspecified atom stereocenters. The lowest BCUT2D eigenvalue weighted by Gasteiger charge is -2.23. The minimum Gasteiger partial charge on any atom is -0.297 e. The molecule has 2 aromatic carbocycles. The highest BCUT2D eigenvalue weighted by Crippen LogP contribution is 2.77. The number of hydrogen-bond donors (Lipinski definition) is 0. The molecule has 0 radical (unpaired) electrons. The molecule has 1 saturated heterocycles. The SMILES string of the molecule is CC(C)C/C=N\P1(=O)[C@H](c2ccccc2)CC[C@H]1c1ccccc1. The standard InChI is InChI=1S/C21H26NOP/c1-17(2)15-16-22-24(23)20(18-9-5-3-6-10-18)13-14-21(24)19-11-7-4-8-12-19/h3-12,16-17,20-21H,13-15H2,1-2H3/b22-16-/t20-,21-/m0/s1. The highest BCUT2D eigenvalue weighted by Gasteiger charge is 2.47. The number of nitrogens with zero attached hydrogens (tertiary/aromatic N) is 1. The lowest BCUT2D eigenvalue weighted by atomic mass is 10.0. The van der Waals surface area contributed by atoms with Crippen LogP contribution < -0.4 is 0 Å². The van der Waals surface area contributed by atoms with Crippen LogP contribution in [-0.2, 0) is 4.57 Å². The summed E-state index contributed by atoms with van der Waals surface area (Å²) in [4.78, 5) is 0. The van der Waals surface area contributed by atoms with Crippen LogP contribution >= 0.6 is 7.29 Å². The molecular weight excluding hydrogens is 313 g/mol. The fourth-order valence-electron chi connectivity index (χ4n) is 3.56. The molecule has 2 aromatic rings. The van der Waals surface area contributed by atoms with Gasteiger partial charge in [0, 0.05) is 6.21 Å². The highest BCUT2D eigenvalue weighted by molar-refractivity contribution is 7.63. The van der Waals surface area contributed by atoms with Crippen LogP contribution in [0.2, 0.25) is 0 Å². The molecule has 0 spiro atoms. The van der Waals surface area contributed by atoms with E-state index >= 15 is 0 Å². The van der Waals surface area contributed by atoms with Crippen LogP contribution in [0.1, 0.15) is 55.6 Å². The van der Waals surface area contributed by atoms with E-state index in [1.165, 1.54) is 11.1 Å². The van der Waals surface area contributed by atoms with Gasteiger partial charge in [-0.25, -0.2) is 4.76 Å². The molecule has 24 heavy (non-hydrogen) atoms. The van der Waals surface area contributed by atoms with E-state index in [0.717, 1.165) is 19.3 Å². The average Bonchev–Trinajstić information content (AvgIpc) is 2.93. The summed E-state index contributed by atoms with van der Waals surface area (Å²) >= 11 is 0. The number of benzene rings is 2. The summed E-state index contributed by atoms with van der Waals surface area (Å²) in [6, 6.07) is 20.6. The van der Waals surface area contributed by atoms with Crippen LogP contribution in [0.15, 0.2) is 65.4 Å². The van der Waals surface area contributed by atoms with E-state index in [4.69, 9.17) is 4.76 Å². The second kappa shape index (κ2) is 7.49. The fourth-order valence-corrected chi connectivity index (χ4v) is 6.90. The zero-order valence-electron chi connectivity index (χ0n) is 14.5. The van der Waals surface area contributed by atoms with Gasteiger partial charge in [0.2, 0.25) is 7.29 Å². The third-order valence-electron chi connectivity index (χ3n) is 4.81. The van der Waals surface area contributed by atoms with Crippen molar-refractivity contribution >= 4 is 13.5 Å². The van der Waals surface area contributed by atoms with Crippen LogP contribution in [0.5, 0.6) is 0 Å². The maximum absolute atomic E-state index is 14.1. The Hall–Kier alpha value is -1.66. The Bertz CT molecular complexity index is 673. The molecule has 1 fully saturated rings. The van der Waals surface area contributed by atoms with Gasteiger partial charge in [0.25, 0.3) is 0 Å². The van der Waals surface area contributed by atoms with Crippen molar-refractivity contribution < 1.29 is 4.57 Å². The molecule has 0 amide bonds. The van der Waals surface area contributed by atoms with Crippen molar-refractivity contribution in [3.05, 3.63) is 71.8 Å². The lowest BCUT2D eigenvalue weighted by molar-refractivity contribution is 0.567. The molecule has 3 heteroatoms. The molecule has 1 aliphatic rings. The Morgan fingerprint density at radius 1 is 0.958 bits per heavy atom. The highest BCUT2D eigenvalue weighted by atomic mass is 31.2. The van der Waals surface area contributed by atoms with Crippen molar-refractivity contribution in [2.45, 2.75) is 44.4 Å². The molecule has 0 N–H and O–H groups in total. The minimum absolute atomic E-state index is 0.0484. The zero-order chi connectivity index (χ0) is 17.0. The zero-order valence-corrected chi connectivity index (χ0v) is 15.4. The Kier molecular flexibility index (Phi) is 5.36. The van der Waals surface area contributed by atoms with Crippen LogP contribution in [-0.4, -0.2) is 6.21 Å². The first-order valence-corrected chi connectivity index (χ1v) is 10.6. The topological polar surface area (TPSA) is 29.4 Å². The van der Waals surface area contributed by atoms with Crippen molar-refractivity contribution in [1.82, 2.24) is 0 Å². The van der Waals surface area contributed by atoms with E-state index in [1.54, 1.807) is 0 Å². The van der Waals surface area contributed by atoms with Gasteiger partial charge in [-0.3, -0.25) is 4.57 Å². The lowest BCUT2D eigenvalue weighted by Crippen LogP contribution is -1.98. The average molecular weight is 339 g/mol. The van der Waals surface area contributed by atoms with Crippen molar-refractivity contribution in [3.8, 4) is 0 Å². The summed E-state index contributed by atoms with van der Waals surface area (Å²) in [6.45, 7) is 4.33. The Morgan fingerprint density at radius 2 is 1.42 bits per heavy atom. The smallest absolute Gasteiger partial charge is 0.204 e. The summed E-state index contributed by atoms with van der Waals surface area (Å²) in [5.41, 5.74) is 2.43. The molecule has 1 aliphatic heterocycles. The largest absolute Gasteiger partial charge is 0.297 e. The summed E-state index contributed by atoms with van der Waals surface area (Å²) in [5, 5.41) is 0. The summed E-state index contributed by atoms with van der Waals surface area (Å²) in [6.07, 6.45) is 4.69. The molecule has 0 saturated carbocycles. The fraction of sp³-hybridized carbons (Fsp3) is 0.381. The number of hydrogen-bond acceptors (Lipinski definition) is 1. The first-order chi connectivity index (χ1) is 11.6. The van der Waals surface area contributed by atoms with E-state index in [0.29, 0.717) is 5.92 Å². The molecular formula is C21H26NOP. The quantitative estimate of drug-likeness (QED) is 0.442. The Morgan fingerprint density at radius 3 is 1.83 bits per heavy atom. The molecule has 2 atom stereocenters. The number of rotatable bonds is 5. The predicted molar refractivity (Wildman–Crippen MR) is 103 cm³/mol. The van der Waals surface area contributed by atoms with Crippen LogP contribution in [0.3, 0.4) is 0 Å². The van der Waals surface area contributed by atoms with Crippen LogP contribution in [0.25, 0.3) is 0 Å². The van der Waals surface area contributed by atoms with E-state index in [2.05, 4.69) is 38.1 Å².